The fourth-order valence-corrected chi connectivity index (χ4v) is 4.24. The third-order valence-corrected chi connectivity index (χ3v) is 6.17. The Bertz CT molecular complexity index is 1450. The van der Waals surface area contributed by atoms with E-state index in [0.717, 1.165) is 22.4 Å². The summed E-state index contributed by atoms with van der Waals surface area (Å²) >= 11 is 6.10. The molecule has 3 aromatic carbocycles. The van der Waals surface area contributed by atoms with Crippen LogP contribution in [0.3, 0.4) is 0 Å². The molecule has 1 aromatic heterocycles. The molecule has 8 heteroatoms. The summed E-state index contributed by atoms with van der Waals surface area (Å²) in [7, 11) is 1.70. The number of halogens is 1. The van der Waals surface area contributed by atoms with Gasteiger partial charge in [-0.15, -0.1) is 5.10 Å². The van der Waals surface area contributed by atoms with E-state index in [1.807, 2.05) is 54.6 Å². The molecular formula is C26H21ClN6O. The second kappa shape index (κ2) is 9.00. The van der Waals surface area contributed by atoms with Gasteiger partial charge >= 0.3 is 5.69 Å². The van der Waals surface area contributed by atoms with E-state index in [-0.39, 0.29) is 11.6 Å². The normalized spacial score (nSPS) is 15.3. The SMILES string of the molecule is Cn1c(N2CC(c3ccccc3)C(c3ccc(Cl)cc3)=N2)nn(Cc2ccc(C#N)cc2)c1=O. The summed E-state index contributed by atoms with van der Waals surface area (Å²) in [6.07, 6.45) is 0. The second-order valence-electron chi connectivity index (χ2n) is 8.15. The number of aromatic nitrogens is 3. The van der Waals surface area contributed by atoms with Gasteiger partial charge in [0.25, 0.3) is 0 Å². The lowest BCUT2D eigenvalue weighted by Crippen LogP contribution is -2.25. The summed E-state index contributed by atoms with van der Waals surface area (Å²) in [4.78, 5) is 12.9. The number of rotatable bonds is 5. The predicted molar refractivity (Wildman–Crippen MR) is 132 cm³/mol. The zero-order valence-corrected chi connectivity index (χ0v) is 19.2. The largest absolute Gasteiger partial charge is 0.347 e. The fourth-order valence-electron chi connectivity index (χ4n) is 4.12. The van der Waals surface area contributed by atoms with Gasteiger partial charge in [-0.25, -0.2) is 14.5 Å². The first-order valence-electron chi connectivity index (χ1n) is 10.8. The number of nitriles is 1. The molecule has 0 N–H and O–H groups in total. The average molecular weight is 469 g/mol. The van der Waals surface area contributed by atoms with Gasteiger partial charge in [0, 0.05) is 18.0 Å². The minimum atomic E-state index is -0.231. The van der Waals surface area contributed by atoms with E-state index in [9.17, 15) is 4.79 Å². The van der Waals surface area contributed by atoms with Crippen LogP contribution in [0.15, 0.2) is 88.8 Å². The Balaban J connectivity index is 1.50. The molecule has 5 rings (SSSR count). The quantitative estimate of drug-likeness (QED) is 0.440. The highest BCUT2D eigenvalue weighted by Gasteiger charge is 2.32. The molecule has 0 aliphatic carbocycles. The Morgan fingerprint density at radius 3 is 2.41 bits per heavy atom. The molecular weight excluding hydrogens is 448 g/mol. The molecule has 0 bridgehead atoms. The minimum absolute atomic E-state index is 0.0150. The van der Waals surface area contributed by atoms with Crippen molar-refractivity contribution in [3.63, 3.8) is 0 Å². The van der Waals surface area contributed by atoms with Gasteiger partial charge in [-0.2, -0.15) is 10.4 Å². The van der Waals surface area contributed by atoms with Crippen LogP contribution in [0.1, 0.15) is 28.2 Å². The first-order chi connectivity index (χ1) is 16.5. The molecule has 0 saturated carbocycles. The number of hydrogen-bond acceptors (Lipinski definition) is 5. The van der Waals surface area contributed by atoms with E-state index in [1.54, 1.807) is 24.2 Å². The highest BCUT2D eigenvalue weighted by atomic mass is 35.5. The fraction of sp³-hybridized carbons (Fsp3) is 0.154. The monoisotopic (exact) mass is 468 g/mol. The summed E-state index contributed by atoms with van der Waals surface area (Å²) in [5, 5.41) is 21.0. The van der Waals surface area contributed by atoms with Crippen LogP contribution in [0.25, 0.3) is 0 Å². The van der Waals surface area contributed by atoms with Crippen molar-refractivity contribution in [1.82, 2.24) is 14.3 Å². The Morgan fingerprint density at radius 1 is 1.03 bits per heavy atom. The van der Waals surface area contributed by atoms with E-state index in [4.69, 9.17) is 22.0 Å². The maximum Gasteiger partial charge on any atom is 0.347 e. The average Bonchev–Trinajstić information content (AvgIpc) is 3.43. The molecule has 4 aromatic rings. The summed E-state index contributed by atoms with van der Waals surface area (Å²) in [5.74, 6) is 0.490. The number of benzene rings is 3. The van der Waals surface area contributed by atoms with Crippen LogP contribution >= 0.6 is 11.6 Å². The van der Waals surface area contributed by atoms with Crippen LogP contribution in [0.5, 0.6) is 0 Å². The number of hydrogen-bond donors (Lipinski definition) is 0. The van der Waals surface area contributed by atoms with E-state index < -0.39 is 0 Å². The van der Waals surface area contributed by atoms with Gasteiger partial charge in [-0.1, -0.05) is 66.2 Å². The topological polar surface area (TPSA) is 79.2 Å². The summed E-state index contributed by atoms with van der Waals surface area (Å²) < 4.78 is 2.93. The molecule has 34 heavy (non-hydrogen) atoms. The smallest absolute Gasteiger partial charge is 0.263 e. The van der Waals surface area contributed by atoms with E-state index in [2.05, 4.69) is 23.3 Å². The van der Waals surface area contributed by atoms with Crippen molar-refractivity contribution in [2.75, 3.05) is 11.6 Å². The van der Waals surface area contributed by atoms with Gasteiger partial charge < -0.3 is 0 Å². The molecule has 2 heterocycles. The van der Waals surface area contributed by atoms with Crippen molar-refractivity contribution in [3.05, 3.63) is 117 Å². The lowest BCUT2D eigenvalue weighted by atomic mass is 9.91. The molecule has 1 aliphatic heterocycles. The van der Waals surface area contributed by atoms with Crippen LogP contribution in [-0.4, -0.2) is 26.6 Å². The van der Waals surface area contributed by atoms with Gasteiger partial charge in [0.05, 0.1) is 30.4 Å². The van der Waals surface area contributed by atoms with Crippen molar-refractivity contribution in [2.24, 2.45) is 12.1 Å². The molecule has 0 saturated heterocycles. The number of hydrazone groups is 1. The summed E-state index contributed by atoms with van der Waals surface area (Å²) in [6, 6.07) is 27.0. The Hall–Kier alpha value is -4.15. The zero-order valence-electron chi connectivity index (χ0n) is 18.5. The minimum Gasteiger partial charge on any atom is -0.263 e. The predicted octanol–water partition coefficient (Wildman–Crippen LogP) is 4.16. The first kappa shape index (κ1) is 21.7. The maximum atomic E-state index is 12.9. The molecule has 1 unspecified atom stereocenters. The molecule has 0 fully saturated rings. The second-order valence-corrected chi connectivity index (χ2v) is 8.58. The van der Waals surface area contributed by atoms with Crippen molar-refractivity contribution < 1.29 is 0 Å². The molecule has 0 spiro atoms. The van der Waals surface area contributed by atoms with Crippen molar-refractivity contribution in [2.45, 2.75) is 12.5 Å². The highest BCUT2D eigenvalue weighted by Crippen LogP contribution is 2.31. The molecule has 7 nitrogen and oxygen atoms in total. The Labute approximate surface area is 201 Å². The Morgan fingerprint density at radius 2 is 1.74 bits per heavy atom. The molecule has 168 valence electrons. The molecule has 0 radical (unpaired) electrons. The van der Waals surface area contributed by atoms with Gasteiger partial charge in [0.1, 0.15) is 0 Å². The van der Waals surface area contributed by atoms with E-state index in [0.29, 0.717) is 29.6 Å². The summed E-state index contributed by atoms with van der Waals surface area (Å²) in [5.41, 5.74) is 4.25. The lowest BCUT2D eigenvalue weighted by molar-refractivity contribution is 0.646. The van der Waals surface area contributed by atoms with Crippen LogP contribution in [-0.2, 0) is 13.6 Å². The highest BCUT2D eigenvalue weighted by molar-refractivity contribution is 6.30. The third kappa shape index (κ3) is 4.12. The zero-order chi connectivity index (χ0) is 23.7. The molecule has 1 atom stereocenters. The van der Waals surface area contributed by atoms with Crippen molar-refractivity contribution >= 4 is 23.3 Å². The van der Waals surface area contributed by atoms with Gasteiger partial charge in [-0.05, 0) is 41.0 Å². The maximum absolute atomic E-state index is 12.9. The number of anilines is 1. The van der Waals surface area contributed by atoms with Crippen LogP contribution in [0.2, 0.25) is 5.02 Å². The van der Waals surface area contributed by atoms with E-state index >= 15 is 0 Å². The lowest BCUT2D eigenvalue weighted by Gasteiger charge is -2.15. The van der Waals surface area contributed by atoms with Gasteiger partial charge in [0.2, 0.25) is 5.95 Å². The number of nitrogens with zero attached hydrogens (tertiary/aromatic N) is 6. The standard InChI is InChI=1S/C26H21ClN6O/c1-31-25(30-33(26(31)34)16-19-9-7-18(15-28)8-10-19)32-17-23(20-5-3-2-4-6-20)24(29-32)21-11-13-22(27)14-12-21/h2-14,23H,16-17H2,1H3. The van der Waals surface area contributed by atoms with Crippen LogP contribution in [0.4, 0.5) is 5.95 Å². The van der Waals surface area contributed by atoms with E-state index in [1.165, 1.54) is 9.25 Å². The van der Waals surface area contributed by atoms with Gasteiger partial charge in [-0.3, -0.25) is 4.57 Å². The first-order valence-corrected chi connectivity index (χ1v) is 11.2. The third-order valence-electron chi connectivity index (χ3n) is 5.92. The van der Waals surface area contributed by atoms with Gasteiger partial charge in [0.15, 0.2) is 0 Å². The van der Waals surface area contributed by atoms with Crippen molar-refractivity contribution in [3.8, 4) is 6.07 Å². The Kier molecular flexibility index (Phi) is 5.74. The van der Waals surface area contributed by atoms with Crippen LogP contribution in [0, 0.1) is 11.3 Å². The molecule has 0 amide bonds. The summed E-state index contributed by atoms with van der Waals surface area (Å²) in [6.45, 7) is 0.866. The molecule has 1 aliphatic rings. The van der Waals surface area contributed by atoms with Crippen molar-refractivity contribution in [1.29, 1.82) is 5.26 Å². The van der Waals surface area contributed by atoms with Crippen LogP contribution < -0.4 is 10.7 Å².